The number of rotatable bonds is 17. The van der Waals surface area contributed by atoms with E-state index in [9.17, 15) is 0 Å². The van der Waals surface area contributed by atoms with Crippen molar-refractivity contribution in [1.82, 2.24) is 4.90 Å². The van der Waals surface area contributed by atoms with Crippen LogP contribution in [0.2, 0.25) is 0 Å². The van der Waals surface area contributed by atoms with Crippen molar-refractivity contribution in [2.45, 2.75) is 118 Å². The molecule has 0 saturated carbocycles. The first kappa shape index (κ1) is 26.7. The van der Waals surface area contributed by atoms with Crippen LogP contribution in [0, 0.1) is 0 Å². The fourth-order valence-electron chi connectivity index (χ4n) is 2.96. The van der Waals surface area contributed by atoms with E-state index in [1.54, 1.807) is 0 Å². The van der Waals surface area contributed by atoms with Crippen molar-refractivity contribution in [3.8, 4) is 0 Å². The Bertz CT molecular complexity index is 173. The van der Waals surface area contributed by atoms with E-state index in [2.05, 4.69) is 48.5 Å². The van der Waals surface area contributed by atoms with Crippen LogP contribution in [0.1, 0.15) is 118 Å². The lowest BCUT2D eigenvalue weighted by molar-refractivity contribution is 0.321. The maximum atomic E-state index is 3.48. The molecule has 0 fully saturated rings. The molecular weight excluding hydrogens is 358 g/mol. The number of hydrogen-bond donors (Lipinski definition) is 0. The van der Waals surface area contributed by atoms with E-state index in [4.69, 9.17) is 0 Å². The molecule has 0 saturated heterocycles. The number of nitrogens with zero attached hydrogens (tertiary/aromatic N) is 1. The summed E-state index contributed by atoms with van der Waals surface area (Å²) in [5.74, 6) is 0. The Morgan fingerprint density at radius 3 is 0.958 bits per heavy atom. The predicted octanol–water partition coefficient (Wildman–Crippen LogP) is 8.21. The summed E-state index contributed by atoms with van der Waals surface area (Å²) in [6.45, 7) is 12.4. The average Bonchev–Trinajstić information content (AvgIpc) is 2.61. The summed E-state index contributed by atoms with van der Waals surface area (Å²) in [4.78, 5) is 2.38. The van der Waals surface area contributed by atoms with Crippen LogP contribution in [0.15, 0.2) is 0 Å². The van der Waals surface area contributed by atoms with E-state index in [0.717, 1.165) is 0 Å². The van der Waals surface area contributed by atoms with Gasteiger partial charge in [-0.25, -0.2) is 0 Å². The second-order valence-electron chi connectivity index (χ2n) is 6.90. The third-order valence-corrected chi connectivity index (χ3v) is 5.39. The van der Waals surface area contributed by atoms with Crippen molar-refractivity contribution in [2.75, 3.05) is 25.0 Å². The highest BCUT2D eigenvalue weighted by Gasteiger charge is 1.93. The van der Waals surface area contributed by atoms with Gasteiger partial charge in [-0.3, -0.25) is 0 Å². The van der Waals surface area contributed by atoms with Crippen molar-refractivity contribution in [2.24, 2.45) is 0 Å². The van der Waals surface area contributed by atoms with Crippen molar-refractivity contribution in [3.05, 3.63) is 0 Å². The van der Waals surface area contributed by atoms with E-state index in [-0.39, 0.29) is 0 Å². The minimum absolute atomic E-state index is 1.19. The summed E-state index contributed by atoms with van der Waals surface area (Å²) in [5.41, 5.74) is 0. The van der Waals surface area contributed by atoms with Gasteiger partial charge in [0.05, 0.1) is 0 Å². The molecule has 148 valence electrons. The lowest BCUT2D eigenvalue weighted by Gasteiger charge is -2.13. The van der Waals surface area contributed by atoms with Crippen LogP contribution in [0.3, 0.4) is 0 Å². The maximum absolute atomic E-state index is 3.48. The molecule has 0 rings (SSSR count). The summed E-state index contributed by atoms with van der Waals surface area (Å²) >= 11 is 3.48. The minimum atomic E-state index is 1.19. The summed E-state index contributed by atoms with van der Waals surface area (Å²) in [5, 5.41) is 1.19. The van der Waals surface area contributed by atoms with Crippen LogP contribution >= 0.6 is 15.9 Å². The number of unbranched alkanes of at least 4 members (excludes halogenated alkanes) is 13. The van der Waals surface area contributed by atoms with Crippen LogP contribution in [-0.2, 0) is 0 Å². The first-order valence-electron chi connectivity index (χ1n) is 11.0. The summed E-state index contributed by atoms with van der Waals surface area (Å²) < 4.78 is 0. The van der Waals surface area contributed by atoms with Gasteiger partial charge < -0.3 is 4.90 Å². The Hall–Kier alpha value is 0.440. The van der Waals surface area contributed by atoms with Gasteiger partial charge in [0.2, 0.25) is 0 Å². The molecule has 1 nitrogen and oxygen atoms in total. The third-order valence-electron chi connectivity index (χ3n) is 4.83. The van der Waals surface area contributed by atoms with Gasteiger partial charge in [-0.2, -0.15) is 0 Å². The molecule has 0 unspecified atom stereocenters. The minimum Gasteiger partial charge on any atom is -0.304 e. The summed E-state index contributed by atoms with van der Waals surface area (Å²) in [6, 6.07) is 0. The van der Waals surface area contributed by atoms with E-state index < -0.39 is 0 Å². The zero-order valence-electron chi connectivity index (χ0n) is 17.6. The first-order valence-corrected chi connectivity index (χ1v) is 12.2. The molecular formula is C22H48BrN. The van der Waals surface area contributed by atoms with Crippen molar-refractivity contribution in [3.63, 3.8) is 0 Å². The van der Waals surface area contributed by atoms with Gasteiger partial charge in [0.15, 0.2) is 0 Å². The summed E-state index contributed by atoms with van der Waals surface area (Å²) in [6.07, 6.45) is 20.3. The molecule has 2 heteroatoms. The van der Waals surface area contributed by atoms with Crippen LogP contribution < -0.4 is 0 Å². The molecule has 0 heterocycles. The van der Waals surface area contributed by atoms with Crippen molar-refractivity contribution < 1.29 is 0 Å². The molecule has 0 N–H and O–H groups in total. The highest BCUT2D eigenvalue weighted by Crippen LogP contribution is 2.12. The topological polar surface area (TPSA) is 3.24 Å². The summed E-state index contributed by atoms with van der Waals surface area (Å²) in [7, 11) is 0. The SMILES string of the molecule is CCCCCCCCCCCCCCCCBr.CCN(CC)CC. The van der Waals surface area contributed by atoms with Gasteiger partial charge >= 0.3 is 0 Å². The Labute approximate surface area is 163 Å². The second-order valence-corrected chi connectivity index (χ2v) is 7.70. The average molecular weight is 407 g/mol. The molecule has 0 aliphatic rings. The van der Waals surface area contributed by atoms with Crippen molar-refractivity contribution in [1.29, 1.82) is 0 Å². The molecule has 24 heavy (non-hydrogen) atoms. The molecule has 0 radical (unpaired) electrons. The molecule has 0 aliphatic heterocycles. The Kier molecular flexibility index (Phi) is 28.5. The van der Waals surface area contributed by atoms with E-state index in [1.165, 1.54) is 115 Å². The van der Waals surface area contributed by atoms with Gasteiger partial charge in [0, 0.05) is 5.33 Å². The number of hydrogen-bond acceptors (Lipinski definition) is 1. The smallest absolute Gasteiger partial charge is 0.00313 e. The van der Waals surface area contributed by atoms with E-state index >= 15 is 0 Å². The molecule has 0 aliphatic carbocycles. The van der Waals surface area contributed by atoms with Gasteiger partial charge in [-0.05, 0) is 26.1 Å². The van der Waals surface area contributed by atoms with E-state index in [1.807, 2.05) is 0 Å². The molecule has 0 aromatic heterocycles. The van der Waals surface area contributed by atoms with Crippen LogP contribution in [0.5, 0.6) is 0 Å². The second kappa shape index (κ2) is 25.7. The molecule has 0 bridgehead atoms. The lowest BCUT2D eigenvalue weighted by Crippen LogP contribution is -2.21. The quantitative estimate of drug-likeness (QED) is 0.174. The highest BCUT2D eigenvalue weighted by atomic mass is 79.9. The van der Waals surface area contributed by atoms with E-state index in [0.29, 0.717) is 0 Å². The molecule has 0 amide bonds. The van der Waals surface area contributed by atoms with Crippen LogP contribution in [0.4, 0.5) is 0 Å². The van der Waals surface area contributed by atoms with Gasteiger partial charge in [0.1, 0.15) is 0 Å². The molecule has 0 aromatic carbocycles. The highest BCUT2D eigenvalue weighted by molar-refractivity contribution is 9.09. The standard InChI is InChI=1S/C16H33Br.C6H15N/c1-2-3-4-5-6-7-8-9-10-11-12-13-14-15-16-17;1-4-7(5-2)6-3/h2-16H2,1H3;4-6H2,1-3H3. The number of alkyl halides is 1. The maximum Gasteiger partial charge on any atom is 0.00313 e. The molecule has 0 spiro atoms. The third kappa shape index (κ3) is 24.7. The lowest BCUT2D eigenvalue weighted by atomic mass is 10.0. The Morgan fingerprint density at radius 1 is 0.458 bits per heavy atom. The van der Waals surface area contributed by atoms with Crippen LogP contribution in [-0.4, -0.2) is 29.9 Å². The van der Waals surface area contributed by atoms with Gasteiger partial charge in [-0.15, -0.1) is 0 Å². The monoisotopic (exact) mass is 405 g/mol. The normalized spacial score (nSPS) is 10.8. The number of halogens is 1. The first-order chi connectivity index (χ1) is 11.8. The zero-order valence-corrected chi connectivity index (χ0v) is 19.1. The predicted molar refractivity (Wildman–Crippen MR) is 118 cm³/mol. The Morgan fingerprint density at radius 2 is 0.750 bits per heavy atom. The molecule has 0 aromatic rings. The zero-order chi connectivity index (χ0) is 18.3. The van der Waals surface area contributed by atoms with Crippen LogP contribution in [0.25, 0.3) is 0 Å². The van der Waals surface area contributed by atoms with Gasteiger partial charge in [-0.1, -0.05) is 127 Å². The van der Waals surface area contributed by atoms with Gasteiger partial charge in [0.25, 0.3) is 0 Å². The largest absolute Gasteiger partial charge is 0.304 e. The molecule has 0 atom stereocenters. The van der Waals surface area contributed by atoms with Crippen molar-refractivity contribution >= 4 is 15.9 Å². The fourth-order valence-corrected chi connectivity index (χ4v) is 3.36. The Balaban J connectivity index is 0. The fraction of sp³-hybridized carbons (Fsp3) is 1.00.